The number of hydrogen-bond donors (Lipinski definition) is 1. The molecule has 5 nitrogen and oxygen atoms in total. The number of hydrogen-bond acceptors (Lipinski definition) is 4. The van der Waals surface area contributed by atoms with Gasteiger partial charge in [0.2, 0.25) is 0 Å². The van der Waals surface area contributed by atoms with Crippen LogP contribution in [0.1, 0.15) is 22.7 Å². The third-order valence-electron chi connectivity index (χ3n) is 4.99. The number of rotatable bonds is 4. The van der Waals surface area contributed by atoms with E-state index in [9.17, 15) is 14.7 Å². The van der Waals surface area contributed by atoms with Crippen LogP contribution < -0.4 is 0 Å². The second-order valence-electron chi connectivity index (χ2n) is 6.96. The minimum Gasteiger partial charge on any atom is -0.507 e. The molecule has 1 atom stereocenters. The molecular formula is C23H15Cl3N2O3. The van der Waals surface area contributed by atoms with Gasteiger partial charge in [-0.25, -0.2) is 0 Å². The number of carbonyl (C=O) groups excluding carboxylic acids is 2. The standard InChI is InChI=1S/C23H15Cl3N2O3/c24-15-5-3-14(4-6-15)21(29)19-20(17-8-7-16(25)10-18(17)26)28(23(31)22(19)30)12-13-2-1-9-27-11-13/h1-11,20,29H,12H2/t20-/m1/s1. The number of aliphatic hydroxyl groups is 1. The maximum Gasteiger partial charge on any atom is 0.295 e. The largest absolute Gasteiger partial charge is 0.507 e. The van der Waals surface area contributed by atoms with E-state index in [0.717, 1.165) is 5.56 Å². The lowest BCUT2D eigenvalue weighted by molar-refractivity contribution is -0.140. The molecule has 8 heteroatoms. The first-order chi connectivity index (χ1) is 14.9. The van der Waals surface area contributed by atoms with Crippen LogP contribution in [0.2, 0.25) is 15.1 Å². The van der Waals surface area contributed by atoms with Crippen LogP contribution in [0.25, 0.3) is 5.76 Å². The minimum absolute atomic E-state index is 0.0552. The molecule has 1 saturated heterocycles. The van der Waals surface area contributed by atoms with Crippen LogP contribution in [0.15, 0.2) is 72.6 Å². The van der Waals surface area contributed by atoms with Gasteiger partial charge < -0.3 is 10.0 Å². The molecule has 2 aromatic carbocycles. The van der Waals surface area contributed by atoms with Crippen molar-refractivity contribution in [3.05, 3.63) is 104 Å². The van der Waals surface area contributed by atoms with E-state index in [-0.39, 0.29) is 22.9 Å². The van der Waals surface area contributed by atoms with Crippen molar-refractivity contribution >= 4 is 52.3 Å². The molecule has 0 aliphatic carbocycles. The summed E-state index contributed by atoms with van der Waals surface area (Å²) in [7, 11) is 0. The van der Waals surface area contributed by atoms with Crippen molar-refractivity contribution in [3.63, 3.8) is 0 Å². The van der Waals surface area contributed by atoms with Gasteiger partial charge in [0.15, 0.2) is 0 Å². The molecule has 3 aromatic rings. The highest BCUT2D eigenvalue weighted by atomic mass is 35.5. The number of halogens is 3. The summed E-state index contributed by atoms with van der Waals surface area (Å²) in [5.74, 6) is -1.84. The van der Waals surface area contributed by atoms with Gasteiger partial charge in [0.25, 0.3) is 11.7 Å². The number of likely N-dealkylation sites (tertiary alicyclic amines) is 1. The van der Waals surface area contributed by atoms with Crippen molar-refractivity contribution in [2.75, 3.05) is 0 Å². The average molecular weight is 474 g/mol. The van der Waals surface area contributed by atoms with Gasteiger partial charge in [0.05, 0.1) is 11.6 Å². The summed E-state index contributed by atoms with van der Waals surface area (Å²) in [6, 6.07) is 13.8. The van der Waals surface area contributed by atoms with Crippen molar-refractivity contribution in [1.29, 1.82) is 0 Å². The van der Waals surface area contributed by atoms with Gasteiger partial charge in [-0.1, -0.05) is 46.9 Å². The monoisotopic (exact) mass is 472 g/mol. The lowest BCUT2D eigenvalue weighted by Gasteiger charge is -2.26. The summed E-state index contributed by atoms with van der Waals surface area (Å²) in [6.45, 7) is 0.111. The summed E-state index contributed by atoms with van der Waals surface area (Å²) in [5.41, 5.74) is 1.51. The Bertz CT molecular complexity index is 1190. The molecule has 1 amide bonds. The van der Waals surface area contributed by atoms with E-state index in [2.05, 4.69) is 4.98 Å². The summed E-state index contributed by atoms with van der Waals surface area (Å²) in [5, 5.41) is 12.2. The molecule has 31 heavy (non-hydrogen) atoms. The molecule has 0 radical (unpaired) electrons. The number of Topliss-reactive ketones (excluding diaryl/α,β-unsaturated/α-hetero) is 1. The Labute approximate surface area is 193 Å². The summed E-state index contributed by atoms with van der Waals surface area (Å²) >= 11 is 18.4. The van der Waals surface area contributed by atoms with Crippen molar-refractivity contribution in [2.45, 2.75) is 12.6 Å². The van der Waals surface area contributed by atoms with Crippen molar-refractivity contribution < 1.29 is 14.7 Å². The predicted molar refractivity (Wildman–Crippen MR) is 120 cm³/mol. The minimum atomic E-state index is -0.902. The van der Waals surface area contributed by atoms with Crippen LogP contribution in [0, 0.1) is 0 Å². The normalized spacial score (nSPS) is 17.9. The van der Waals surface area contributed by atoms with Gasteiger partial charge in [-0.2, -0.15) is 0 Å². The van der Waals surface area contributed by atoms with Gasteiger partial charge in [0, 0.05) is 39.6 Å². The third-order valence-corrected chi connectivity index (χ3v) is 5.80. The van der Waals surface area contributed by atoms with E-state index in [1.807, 2.05) is 0 Å². The fourth-order valence-electron chi connectivity index (χ4n) is 3.54. The molecule has 1 N–H and O–H groups in total. The first-order valence-corrected chi connectivity index (χ1v) is 10.4. The van der Waals surface area contributed by atoms with Crippen LogP contribution >= 0.6 is 34.8 Å². The maximum atomic E-state index is 13.0. The number of ketones is 1. The van der Waals surface area contributed by atoms with E-state index in [1.165, 1.54) is 11.0 Å². The molecule has 4 rings (SSSR count). The summed E-state index contributed by atoms with van der Waals surface area (Å²) < 4.78 is 0. The number of aromatic nitrogens is 1. The van der Waals surface area contributed by atoms with Crippen LogP contribution in [0.5, 0.6) is 0 Å². The van der Waals surface area contributed by atoms with Crippen LogP contribution in [-0.4, -0.2) is 26.7 Å². The van der Waals surface area contributed by atoms with E-state index in [4.69, 9.17) is 34.8 Å². The molecule has 156 valence electrons. The lowest BCUT2D eigenvalue weighted by Crippen LogP contribution is -2.29. The maximum absolute atomic E-state index is 13.0. The summed E-state index contributed by atoms with van der Waals surface area (Å²) in [4.78, 5) is 31.5. The van der Waals surface area contributed by atoms with Gasteiger partial charge in [-0.3, -0.25) is 14.6 Å². The second kappa shape index (κ2) is 8.71. The number of aliphatic hydroxyl groups excluding tert-OH is 1. The smallest absolute Gasteiger partial charge is 0.295 e. The third kappa shape index (κ3) is 4.17. The predicted octanol–water partition coefficient (Wildman–Crippen LogP) is 5.66. The highest BCUT2D eigenvalue weighted by Gasteiger charge is 2.46. The molecule has 1 aliphatic rings. The molecule has 0 spiro atoms. The topological polar surface area (TPSA) is 70.5 Å². The number of amides is 1. The highest BCUT2D eigenvalue weighted by Crippen LogP contribution is 2.43. The van der Waals surface area contributed by atoms with Crippen LogP contribution in [0.4, 0.5) is 0 Å². The molecule has 1 fully saturated rings. The Morgan fingerprint density at radius 2 is 1.71 bits per heavy atom. The quantitative estimate of drug-likeness (QED) is 0.301. The van der Waals surface area contributed by atoms with Crippen LogP contribution in [0.3, 0.4) is 0 Å². The fourth-order valence-corrected chi connectivity index (χ4v) is 4.18. The van der Waals surface area contributed by atoms with Crippen molar-refractivity contribution in [3.8, 4) is 0 Å². The van der Waals surface area contributed by atoms with E-state index in [0.29, 0.717) is 21.2 Å². The first kappa shape index (κ1) is 21.4. The zero-order valence-corrected chi connectivity index (χ0v) is 18.2. The van der Waals surface area contributed by atoms with Gasteiger partial charge >= 0.3 is 0 Å². The molecule has 0 bridgehead atoms. The van der Waals surface area contributed by atoms with Gasteiger partial charge in [0.1, 0.15) is 5.76 Å². The van der Waals surface area contributed by atoms with E-state index >= 15 is 0 Å². The van der Waals surface area contributed by atoms with E-state index < -0.39 is 17.7 Å². The zero-order chi connectivity index (χ0) is 22.1. The van der Waals surface area contributed by atoms with Gasteiger partial charge in [-0.15, -0.1) is 0 Å². The Hall–Kier alpha value is -2.86. The average Bonchev–Trinajstić information content (AvgIpc) is 2.99. The van der Waals surface area contributed by atoms with Crippen molar-refractivity contribution in [1.82, 2.24) is 9.88 Å². The van der Waals surface area contributed by atoms with Gasteiger partial charge in [-0.05, 0) is 53.6 Å². The zero-order valence-electron chi connectivity index (χ0n) is 15.9. The Kier molecular flexibility index (Phi) is 6.01. The van der Waals surface area contributed by atoms with E-state index in [1.54, 1.807) is 60.9 Å². The van der Waals surface area contributed by atoms with Crippen LogP contribution in [-0.2, 0) is 16.1 Å². The molecular weight excluding hydrogens is 459 g/mol. The Morgan fingerprint density at radius 1 is 1.00 bits per heavy atom. The lowest BCUT2D eigenvalue weighted by atomic mass is 9.95. The Balaban J connectivity index is 1.89. The molecule has 0 saturated carbocycles. The molecule has 1 aromatic heterocycles. The Morgan fingerprint density at radius 3 is 2.35 bits per heavy atom. The van der Waals surface area contributed by atoms with Crippen molar-refractivity contribution in [2.24, 2.45) is 0 Å². The summed E-state index contributed by atoms with van der Waals surface area (Å²) in [6.07, 6.45) is 3.23. The second-order valence-corrected chi connectivity index (χ2v) is 8.24. The molecule has 0 unspecified atom stereocenters. The molecule has 1 aliphatic heterocycles. The number of benzene rings is 2. The number of carbonyl (C=O) groups is 2. The fraction of sp³-hybridized carbons (Fsp3) is 0.0870. The highest BCUT2D eigenvalue weighted by molar-refractivity contribution is 6.47. The SMILES string of the molecule is O=C1C(=O)N(Cc2cccnc2)[C@H](c2ccc(Cl)cc2Cl)C1=C(O)c1ccc(Cl)cc1. The number of pyridine rings is 1. The molecule has 2 heterocycles. The first-order valence-electron chi connectivity index (χ1n) is 9.25. The number of nitrogens with zero attached hydrogens (tertiary/aromatic N) is 2.